The fourth-order valence-corrected chi connectivity index (χ4v) is 1.90. The van der Waals surface area contributed by atoms with Gasteiger partial charge in [0, 0.05) is 15.6 Å². The summed E-state index contributed by atoms with van der Waals surface area (Å²) < 4.78 is 0.897. The van der Waals surface area contributed by atoms with Crippen molar-refractivity contribution in [3.63, 3.8) is 0 Å². The number of nitrogens with zero attached hydrogens (tertiary/aromatic N) is 2. The molecule has 2 rings (SSSR count). The zero-order valence-corrected chi connectivity index (χ0v) is 15.2. The first kappa shape index (κ1) is 18.0. The van der Waals surface area contributed by atoms with Gasteiger partial charge in [-0.1, -0.05) is 15.9 Å². The Hall–Kier alpha value is -2.39. The molecule has 8 nitrogen and oxygen atoms in total. The van der Waals surface area contributed by atoms with Crippen molar-refractivity contribution in [2.24, 2.45) is 0 Å². The lowest BCUT2D eigenvalue weighted by Gasteiger charge is -2.22. The number of rotatable bonds is 5. The molecule has 0 aliphatic rings. The Balaban J connectivity index is 2.02. The van der Waals surface area contributed by atoms with Crippen LogP contribution in [0.5, 0.6) is 0 Å². The van der Waals surface area contributed by atoms with E-state index in [2.05, 4.69) is 47.6 Å². The summed E-state index contributed by atoms with van der Waals surface area (Å²) in [5, 5.41) is 0. The molecule has 24 heavy (non-hydrogen) atoms. The van der Waals surface area contributed by atoms with Crippen LogP contribution in [0.15, 0.2) is 35.1 Å². The van der Waals surface area contributed by atoms with Crippen LogP contribution >= 0.6 is 15.9 Å². The quantitative estimate of drug-likeness (QED) is 0.494. The first-order chi connectivity index (χ1) is 11.3. The number of hydrogen-bond acceptors (Lipinski definition) is 7. The molecule has 1 amide bonds. The molecule has 128 valence electrons. The first-order valence-corrected chi connectivity index (χ1v) is 8.01. The minimum atomic E-state index is -0.303. The van der Waals surface area contributed by atoms with Crippen molar-refractivity contribution in [2.75, 3.05) is 16.6 Å². The van der Waals surface area contributed by atoms with Gasteiger partial charge in [0.2, 0.25) is 0 Å². The van der Waals surface area contributed by atoms with Gasteiger partial charge < -0.3 is 11.2 Å². The minimum absolute atomic E-state index is 0.166. The van der Waals surface area contributed by atoms with Crippen molar-refractivity contribution in [3.05, 3.63) is 40.6 Å². The van der Waals surface area contributed by atoms with Gasteiger partial charge in [-0.3, -0.25) is 15.6 Å². The summed E-state index contributed by atoms with van der Waals surface area (Å²) in [6, 6.07) is 6.97. The predicted octanol–water partition coefficient (Wildman–Crippen LogP) is 2.29. The highest BCUT2D eigenvalue weighted by molar-refractivity contribution is 9.10. The SMILES string of the molecule is CC(C)(C)NNc1ncnc(NNC(=O)c2ccc(Br)cc2)c1N. The maximum Gasteiger partial charge on any atom is 0.269 e. The molecule has 1 heterocycles. The van der Waals surface area contributed by atoms with Crippen molar-refractivity contribution >= 4 is 39.2 Å². The zero-order valence-electron chi connectivity index (χ0n) is 13.6. The highest BCUT2D eigenvalue weighted by Crippen LogP contribution is 2.21. The second-order valence-corrected chi connectivity index (χ2v) is 6.99. The van der Waals surface area contributed by atoms with Crippen LogP contribution < -0.4 is 27.4 Å². The lowest BCUT2D eigenvalue weighted by molar-refractivity contribution is 0.0962. The summed E-state index contributed by atoms with van der Waals surface area (Å²) in [6.07, 6.45) is 1.34. The summed E-state index contributed by atoms with van der Waals surface area (Å²) in [6.45, 7) is 5.99. The monoisotopic (exact) mass is 393 g/mol. The van der Waals surface area contributed by atoms with E-state index in [0.29, 0.717) is 17.2 Å². The van der Waals surface area contributed by atoms with Gasteiger partial charge in [-0.15, -0.1) is 0 Å². The van der Waals surface area contributed by atoms with Gasteiger partial charge in [-0.25, -0.2) is 15.4 Å². The van der Waals surface area contributed by atoms with Gasteiger partial charge in [-0.05, 0) is 45.0 Å². The number of nitrogen functional groups attached to an aromatic ring is 1. The Morgan fingerprint density at radius 3 is 2.25 bits per heavy atom. The summed E-state index contributed by atoms with van der Waals surface area (Å²) in [5.74, 6) is 0.414. The molecule has 0 atom stereocenters. The van der Waals surface area contributed by atoms with Crippen LogP contribution in [0, 0.1) is 0 Å². The molecule has 1 aromatic heterocycles. The second-order valence-electron chi connectivity index (χ2n) is 6.07. The molecule has 0 aliphatic carbocycles. The summed E-state index contributed by atoms with van der Waals surface area (Å²) >= 11 is 3.32. The maximum absolute atomic E-state index is 12.1. The molecule has 0 radical (unpaired) electrons. The van der Waals surface area contributed by atoms with E-state index in [0.717, 1.165) is 4.47 Å². The molecule has 0 bridgehead atoms. The third kappa shape index (κ3) is 5.07. The van der Waals surface area contributed by atoms with Crippen LogP contribution in [-0.4, -0.2) is 21.4 Å². The third-order valence-electron chi connectivity index (χ3n) is 2.84. The Morgan fingerprint density at radius 2 is 1.67 bits per heavy atom. The lowest BCUT2D eigenvalue weighted by Crippen LogP contribution is -2.40. The van der Waals surface area contributed by atoms with Crippen molar-refractivity contribution < 1.29 is 4.79 Å². The number of halogens is 1. The molecule has 1 aromatic carbocycles. The molecule has 0 saturated carbocycles. The van der Waals surface area contributed by atoms with Gasteiger partial charge in [0.1, 0.15) is 12.0 Å². The first-order valence-electron chi connectivity index (χ1n) is 7.22. The molecule has 0 fully saturated rings. The number of carbonyl (C=O) groups excluding carboxylic acids is 1. The Bertz CT molecular complexity index is 713. The average Bonchev–Trinajstić information content (AvgIpc) is 2.52. The van der Waals surface area contributed by atoms with Crippen molar-refractivity contribution in [1.29, 1.82) is 0 Å². The van der Waals surface area contributed by atoms with Crippen LogP contribution in [-0.2, 0) is 0 Å². The van der Waals surface area contributed by atoms with E-state index in [9.17, 15) is 4.79 Å². The van der Waals surface area contributed by atoms with Crippen LogP contribution in [0.3, 0.4) is 0 Å². The maximum atomic E-state index is 12.1. The Morgan fingerprint density at radius 1 is 1.08 bits per heavy atom. The van der Waals surface area contributed by atoms with E-state index < -0.39 is 0 Å². The minimum Gasteiger partial charge on any atom is -0.393 e. The summed E-state index contributed by atoms with van der Waals surface area (Å²) in [7, 11) is 0. The third-order valence-corrected chi connectivity index (χ3v) is 3.37. The van der Waals surface area contributed by atoms with Crippen molar-refractivity contribution in [2.45, 2.75) is 26.3 Å². The fraction of sp³-hybridized carbons (Fsp3) is 0.267. The van der Waals surface area contributed by atoms with Crippen LogP contribution in [0.1, 0.15) is 31.1 Å². The smallest absolute Gasteiger partial charge is 0.269 e. The van der Waals surface area contributed by atoms with Crippen LogP contribution in [0.4, 0.5) is 17.3 Å². The fourth-order valence-electron chi connectivity index (χ4n) is 1.63. The number of hydrazine groups is 2. The van der Waals surface area contributed by atoms with Gasteiger partial charge in [0.25, 0.3) is 5.91 Å². The van der Waals surface area contributed by atoms with Crippen LogP contribution in [0.2, 0.25) is 0 Å². The Labute approximate surface area is 148 Å². The zero-order chi connectivity index (χ0) is 17.7. The van der Waals surface area contributed by atoms with Crippen molar-refractivity contribution in [3.8, 4) is 0 Å². The van der Waals surface area contributed by atoms with E-state index in [-0.39, 0.29) is 17.1 Å². The number of amides is 1. The van der Waals surface area contributed by atoms with Gasteiger partial charge in [-0.2, -0.15) is 0 Å². The molecule has 9 heteroatoms. The number of hydrogen-bond donors (Lipinski definition) is 5. The lowest BCUT2D eigenvalue weighted by atomic mass is 10.1. The molecule has 0 unspecified atom stereocenters. The van der Waals surface area contributed by atoms with Gasteiger partial charge in [0.05, 0.1) is 0 Å². The number of nitrogens with two attached hydrogens (primary N) is 1. The van der Waals surface area contributed by atoms with E-state index >= 15 is 0 Å². The highest BCUT2D eigenvalue weighted by Gasteiger charge is 2.13. The molecule has 0 aliphatic heterocycles. The largest absolute Gasteiger partial charge is 0.393 e. The number of carbonyl (C=O) groups is 1. The van der Waals surface area contributed by atoms with Crippen LogP contribution in [0.25, 0.3) is 0 Å². The predicted molar refractivity (Wildman–Crippen MR) is 98.2 cm³/mol. The molecular weight excluding hydrogens is 374 g/mol. The number of nitrogens with one attached hydrogen (secondary N) is 4. The number of benzene rings is 1. The molecule has 0 spiro atoms. The molecule has 0 saturated heterocycles. The Kier molecular flexibility index (Phi) is 5.58. The van der Waals surface area contributed by atoms with Gasteiger partial charge >= 0.3 is 0 Å². The number of aromatic nitrogens is 2. The van der Waals surface area contributed by atoms with Gasteiger partial charge in [0.15, 0.2) is 11.6 Å². The van der Waals surface area contributed by atoms with E-state index in [1.54, 1.807) is 24.3 Å². The van der Waals surface area contributed by atoms with E-state index in [1.165, 1.54) is 6.33 Å². The average molecular weight is 394 g/mol. The molecule has 2 aromatic rings. The number of anilines is 3. The standard InChI is InChI=1S/C15H20BrN7O/c1-15(2,3)23-21-13-11(17)12(18-8-19-13)20-22-14(24)9-4-6-10(16)7-5-9/h4-8,23H,17H2,1-3H3,(H,22,24)(H2,18,19,20,21). The molecular formula is C15H20BrN7O. The van der Waals surface area contributed by atoms with Crippen molar-refractivity contribution in [1.82, 2.24) is 20.8 Å². The normalized spacial score (nSPS) is 11.0. The van der Waals surface area contributed by atoms with E-state index in [1.807, 2.05) is 20.8 Å². The summed E-state index contributed by atoms with van der Waals surface area (Å²) in [4.78, 5) is 20.2. The topological polar surface area (TPSA) is 117 Å². The second kappa shape index (κ2) is 7.45. The molecule has 6 N–H and O–H groups in total. The highest BCUT2D eigenvalue weighted by atomic mass is 79.9. The van der Waals surface area contributed by atoms with E-state index in [4.69, 9.17) is 5.73 Å². The summed E-state index contributed by atoms with van der Waals surface area (Å²) in [5.41, 5.74) is 17.9.